The second-order valence-electron chi connectivity index (χ2n) is 12.1. The molecule has 3 heteroatoms. The normalized spacial score (nSPS) is 12.1. The van der Waals surface area contributed by atoms with Gasteiger partial charge in [-0.25, -0.2) is 15.0 Å². The Morgan fingerprint density at radius 3 is 1.28 bits per heavy atom. The van der Waals surface area contributed by atoms with Gasteiger partial charge in [0, 0.05) is 16.7 Å². The van der Waals surface area contributed by atoms with Crippen LogP contribution in [0.2, 0.25) is 0 Å². The molecule has 0 N–H and O–H groups in total. The molecule has 0 radical (unpaired) electrons. The van der Waals surface area contributed by atoms with E-state index >= 15 is 0 Å². The third-order valence-corrected chi connectivity index (χ3v) is 7.06. The molecule has 0 aliphatic rings. The predicted octanol–water partition coefficient (Wildman–Crippen LogP) is 8.82. The molecule has 1 aromatic heterocycles. The highest BCUT2D eigenvalue weighted by Crippen LogP contribution is 2.37. The molecule has 0 spiro atoms. The highest BCUT2D eigenvalue weighted by Gasteiger charge is 2.27. The van der Waals surface area contributed by atoms with Crippen LogP contribution in [0.4, 0.5) is 0 Å². The van der Waals surface area contributed by atoms with Gasteiger partial charge in [0.1, 0.15) is 0 Å². The molecule has 0 aliphatic carbocycles. The molecular weight excluding hydrogens is 438 g/mol. The van der Waals surface area contributed by atoms with E-state index in [0.717, 1.165) is 23.1 Å². The summed E-state index contributed by atoms with van der Waals surface area (Å²) in [7, 11) is 0. The molecule has 0 atom stereocenters. The van der Waals surface area contributed by atoms with E-state index in [-0.39, 0.29) is 10.8 Å². The Labute approximate surface area is 217 Å². The van der Waals surface area contributed by atoms with E-state index in [0.29, 0.717) is 17.5 Å². The SMILES string of the molecule is Cc1ccc(-c2nc(-c3ccc(C(C)(C)CC(C)(C)C)cc3)nc(-c3ccc(C)c(C)c3)n2)cc1C. The molecule has 4 aromatic rings. The molecule has 0 amide bonds. The maximum atomic E-state index is 4.94. The predicted molar refractivity (Wildman–Crippen MR) is 152 cm³/mol. The van der Waals surface area contributed by atoms with E-state index in [4.69, 9.17) is 15.0 Å². The van der Waals surface area contributed by atoms with Gasteiger partial charge in [-0.1, -0.05) is 83.1 Å². The summed E-state index contributed by atoms with van der Waals surface area (Å²) < 4.78 is 0. The highest BCUT2D eigenvalue weighted by molar-refractivity contribution is 5.67. The van der Waals surface area contributed by atoms with Crippen LogP contribution < -0.4 is 0 Å². The molecular formula is C33H39N3. The summed E-state index contributed by atoms with van der Waals surface area (Å²) in [5.41, 5.74) is 9.68. The molecule has 0 fully saturated rings. The molecule has 0 saturated heterocycles. The van der Waals surface area contributed by atoms with Gasteiger partial charge >= 0.3 is 0 Å². The van der Waals surface area contributed by atoms with E-state index < -0.39 is 0 Å². The summed E-state index contributed by atoms with van der Waals surface area (Å²) in [5.74, 6) is 2.11. The maximum absolute atomic E-state index is 4.94. The fourth-order valence-electron chi connectivity index (χ4n) is 5.02. The Morgan fingerprint density at radius 2 is 0.889 bits per heavy atom. The summed E-state index contributed by atoms with van der Waals surface area (Å²) in [6.07, 6.45) is 1.11. The van der Waals surface area contributed by atoms with Crippen molar-refractivity contribution in [2.24, 2.45) is 5.41 Å². The Morgan fingerprint density at radius 1 is 0.500 bits per heavy atom. The molecule has 4 rings (SSSR count). The number of hydrogen-bond donors (Lipinski definition) is 0. The first-order valence-corrected chi connectivity index (χ1v) is 12.8. The molecule has 3 aromatic carbocycles. The number of nitrogens with zero attached hydrogens (tertiary/aromatic N) is 3. The van der Waals surface area contributed by atoms with Crippen LogP contribution in [-0.4, -0.2) is 15.0 Å². The largest absolute Gasteiger partial charge is 0.208 e. The summed E-state index contributed by atoms with van der Waals surface area (Å²) in [6.45, 7) is 20.1. The van der Waals surface area contributed by atoms with Crippen LogP contribution in [0.5, 0.6) is 0 Å². The number of benzene rings is 3. The van der Waals surface area contributed by atoms with Gasteiger partial charge in [-0.15, -0.1) is 0 Å². The van der Waals surface area contributed by atoms with Crippen molar-refractivity contribution < 1.29 is 0 Å². The van der Waals surface area contributed by atoms with Crippen LogP contribution >= 0.6 is 0 Å². The average molecular weight is 478 g/mol. The Kier molecular flexibility index (Phi) is 6.88. The van der Waals surface area contributed by atoms with Gasteiger partial charge in [0.25, 0.3) is 0 Å². The Hall–Kier alpha value is -3.33. The summed E-state index contributed by atoms with van der Waals surface area (Å²) in [5, 5.41) is 0. The van der Waals surface area contributed by atoms with Crippen LogP contribution in [0.25, 0.3) is 34.2 Å². The Balaban J connectivity index is 1.82. The molecule has 186 valence electrons. The molecule has 3 nitrogen and oxygen atoms in total. The number of aromatic nitrogens is 3. The minimum atomic E-state index is 0.0883. The first-order valence-electron chi connectivity index (χ1n) is 12.8. The second kappa shape index (κ2) is 9.61. The van der Waals surface area contributed by atoms with Gasteiger partial charge in [0.15, 0.2) is 17.5 Å². The average Bonchev–Trinajstić information content (AvgIpc) is 2.81. The first kappa shape index (κ1) is 25.8. The van der Waals surface area contributed by atoms with Crippen molar-refractivity contribution in [2.45, 2.75) is 74.1 Å². The van der Waals surface area contributed by atoms with E-state index in [1.54, 1.807) is 0 Å². The zero-order valence-corrected chi connectivity index (χ0v) is 23.3. The van der Waals surface area contributed by atoms with Crippen molar-refractivity contribution in [2.75, 3.05) is 0 Å². The summed E-state index contributed by atoms with van der Waals surface area (Å²) >= 11 is 0. The van der Waals surface area contributed by atoms with E-state index in [2.05, 4.69) is 123 Å². The third kappa shape index (κ3) is 5.73. The molecule has 0 unspecified atom stereocenters. The molecule has 36 heavy (non-hydrogen) atoms. The first-order chi connectivity index (χ1) is 16.8. The lowest BCUT2D eigenvalue weighted by Crippen LogP contribution is -2.24. The van der Waals surface area contributed by atoms with E-state index in [1.807, 2.05) is 0 Å². The van der Waals surface area contributed by atoms with E-state index in [1.165, 1.54) is 27.8 Å². The monoisotopic (exact) mass is 477 g/mol. The minimum absolute atomic E-state index is 0.0883. The van der Waals surface area contributed by atoms with Gasteiger partial charge in [0.2, 0.25) is 0 Å². The van der Waals surface area contributed by atoms with Gasteiger partial charge in [-0.2, -0.15) is 0 Å². The van der Waals surface area contributed by atoms with Crippen LogP contribution in [0.1, 0.15) is 68.9 Å². The molecule has 0 bridgehead atoms. The van der Waals surface area contributed by atoms with Crippen LogP contribution in [0.3, 0.4) is 0 Å². The van der Waals surface area contributed by atoms with Gasteiger partial charge in [0.05, 0.1) is 0 Å². The number of hydrogen-bond acceptors (Lipinski definition) is 3. The number of aryl methyl sites for hydroxylation is 4. The molecule has 0 saturated carbocycles. The fraction of sp³-hybridized carbons (Fsp3) is 0.364. The minimum Gasteiger partial charge on any atom is -0.208 e. The van der Waals surface area contributed by atoms with Crippen LogP contribution in [0.15, 0.2) is 60.7 Å². The van der Waals surface area contributed by atoms with Gasteiger partial charge in [-0.05, 0) is 84.9 Å². The Bertz CT molecular complexity index is 1320. The third-order valence-electron chi connectivity index (χ3n) is 7.06. The molecule has 0 aliphatic heterocycles. The summed E-state index contributed by atoms with van der Waals surface area (Å²) in [6, 6.07) is 21.6. The van der Waals surface area contributed by atoms with Crippen molar-refractivity contribution in [1.82, 2.24) is 15.0 Å². The second-order valence-corrected chi connectivity index (χ2v) is 12.1. The lowest BCUT2D eigenvalue weighted by molar-refractivity contribution is 0.284. The maximum Gasteiger partial charge on any atom is 0.164 e. The fourth-order valence-corrected chi connectivity index (χ4v) is 5.02. The van der Waals surface area contributed by atoms with Gasteiger partial charge in [-0.3, -0.25) is 0 Å². The lowest BCUT2D eigenvalue weighted by atomic mass is 9.72. The van der Waals surface area contributed by atoms with Crippen LogP contribution in [-0.2, 0) is 5.41 Å². The zero-order valence-electron chi connectivity index (χ0n) is 23.3. The van der Waals surface area contributed by atoms with Crippen molar-refractivity contribution in [1.29, 1.82) is 0 Å². The standard InChI is InChI=1S/C33H39N3/c1-21-10-12-26(18-23(21)3)30-34-29(35-31(36-30)27-13-11-22(2)24(4)19-27)25-14-16-28(17-15-25)33(8,9)20-32(5,6)7/h10-19H,20H2,1-9H3. The van der Waals surface area contributed by atoms with Crippen molar-refractivity contribution in [3.8, 4) is 34.2 Å². The molecule has 1 heterocycles. The summed E-state index contributed by atoms with van der Waals surface area (Å²) in [4.78, 5) is 14.8. The van der Waals surface area contributed by atoms with Crippen molar-refractivity contribution >= 4 is 0 Å². The van der Waals surface area contributed by atoms with E-state index in [9.17, 15) is 0 Å². The topological polar surface area (TPSA) is 38.7 Å². The quantitative estimate of drug-likeness (QED) is 0.288. The van der Waals surface area contributed by atoms with Gasteiger partial charge < -0.3 is 0 Å². The van der Waals surface area contributed by atoms with Crippen molar-refractivity contribution in [3.63, 3.8) is 0 Å². The zero-order chi connectivity index (χ0) is 26.3. The smallest absolute Gasteiger partial charge is 0.164 e. The van der Waals surface area contributed by atoms with Crippen LogP contribution in [0, 0.1) is 33.1 Å². The van der Waals surface area contributed by atoms with Crippen molar-refractivity contribution in [3.05, 3.63) is 88.5 Å². The highest BCUT2D eigenvalue weighted by atomic mass is 15.0. The lowest BCUT2D eigenvalue weighted by Gasteiger charge is -2.33. The number of rotatable bonds is 5.